The van der Waals surface area contributed by atoms with Crippen LogP contribution in [0, 0.1) is 17.2 Å². The lowest BCUT2D eigenvalue weighted by Gasteiger charge is -2.17. The van der Waals surface area contributed by atoms with E-state index in [4.69, 9.17) is 0 Å². The predicted octanol–water partition coefficient (Wildman–Crippen LogP) is 6.26. The molecule has 3 aromatic heterocycles. The monoisotopic (exact) mass is 511 g/mol. The van der Waals surface area contributed by atoms with Crippen LogP contribution in [0.1, 0.15) is 72.5 Å². The van der Waals surface area contributed by atoms with Gasteiger partial charge in [0, 0.05) is 26.7 Å². The number of nitrogens with one attached hydrogen (secondary N) is 1. The van der Waals surface area contributed by atoms with Crippen LogP contribution < -0.4 is 5.32 Å². The van der Waals surface area contributed by atoms with E-state index in [1.165, 1.54) is 45.5 Å². The second kappa shape index (κ2) is 9.84. The molecule has 34 heavy (non-hydrogen) atoms. The largest absolute Gasteiger partial charge is 0.316 e. The zero-order valence-corrected chi connectivity index (χ0v) is 22.3. The molecule has 1 atom stereocenters. The molecule has 1 amide bonds. The molecule has 5 rings (SSSR count). The van der Waals surface area contributed by atoms with Gasteiger partial charge in [0.1, 0.15) is 11.1 Å². The second-order valence-electron chi connectivity index (χ2n) is 9.53. The van der Waals surface area contributed by atoms with Crippen LogP contribution in [0.4, 0.5) is 5.00 Å². The molecule has 3 aromatic rings. The van der Waals surface area contributed by atoms with E-state index in [9.17, 15) is 10.1 Å². The van der Waals surface area contributed by atoms with Crippen LogP contribution in [0.5, 0.6) is 0 Å². The molecule has 9 heteroatoms. The van der Waals surface area contributed by atoms with Gasteiger partial charge in [0.2, 0.25) is 5.91 Å². The van der Waals surface area contributed by atoms with E-state index in [0.29, 0.717) is 16.5 Å². The molecule has 0 spiro atoms. The molecule has 1 N–H and O–H groups in total. The molecule has 2 aliphatic carbocycles. The zero-order valence-electron chi connectivity index (χ0n) is 19.8. The van der Waals surface area contributed by atoms with Crippen molar-refractivity contribution in [3.8, 4) is 17.5 Å². The van der Waals surface area contributed by atoms with Gasteiger partial charge in [-0.05, 0) is 75.8 Å². The highest BCUT2D eigenvalue weighted by Crippen LogP contribution is 2.40. The van der Waals surface area contributed by atoms with Gasteiger partial charge in [-0.3, -0.25) is 9.36 Å². The molecule has 6 nitrogen and oxygen atoms in total. The first-order valence-corrected chi connectivity index (χ1v) is 14.7. The van der Waals surface area contributed by atoms with Gasteiger partial charge in [-0.2, -0.15) is 5.26 Å². The molecular weight excluding hydrogens is 483 g/mol. The van der Waals surface area contributed by atoms with E-state index in [2.05, 4.69) is 52.3 Å². The van der Waals surface area contributed by atoms with Crippen molar-refractivity contribution < 1.29 is 4.79 Å². The highest BCUT2D eigenvalue weighted by molar-refractivity contribution is 7.99. The Labute approximate surface area is 212 Å². The van der Waals surface area contributed by atoms with Gasteiger partial charge in [0.25, 0.3) is 0 Å². The lowest BCUT2D eigenvalue weighted by atomic mass is 9.89. The molecular formula is C25H29N5OS3. The Morgan fingerprint density at radius 1 is 1.26 bits per heavy atom. The Bertz CT molecular complexity index is 1260. The molecule has 0 aromatic carbocycles. The summed E-state index contributed by atoms with van der Waals surface area (Å²) in [5.41, 5.74) is 4.42. The number of carbonyl (C=O) groups excluding carboxylic acids is 1. The standard InChI is InChI=1S/C25H29N5OS3/c1-14(2)30-23(19-12-32-20-7-5-4-6-16(19)20)28-29-25(30)33-13-22(31)27-24-18(11-26)17-9-8-15(3)10-21(17)34-24/h12,14-15H,4-10,13H2,1-3H3,(H,27,31). The van der Waals surface area contributed by atoms with Crippen molar-refractivity contribution in [2.45, 2.75) is 76.9 Å². The number of rotatable bonds is 6. The first kappa shape index (κ1) is 23.6. The van der Waals surface area contributed by atoms with Crippen molar-refractivity contribution in [3.05, 3.63) is 31.8 Å². The minimum atomic E-state index is -0.110. The molecule has 1 unspecified atom stereocenters. The van der Waals surface area contributed by atoms with E-state index in [-0.39, 0.29) is 17.7 Å². The van der Waals surface area contributed by atoms with Crippen molar-refractivity contribution in [2.24, 2.45) is 5.92 Å². The summed E-state index contributed by atoms with van der Waals surface area (Å²) in [5, 5.41) is 25.4. The van der Waals surface area contributed by atoms with Crippen molar-refractivity contribution >= 4 is 45.3 Å². The maximum atomic E-state index is 12.8. The second-order valence-corrected chi connectivity index (χ2v) is 12.5. The molecule has 0 saturated carbocycles. The summed E-state index contributed by atoms with van der Waals surface area (Å²) in [6.07, 6.45) is 7.77. The number of thioether (sulfide) groups is 1. The van der Waals surface area contributed by atoms with Crippen molar-refractivity contribution in [2.75, 3.05) is 11.1 Å². The predicted molar refractivity (Wildman–Crippen MR) is 140 cm³/mol. The van der Waals surface area contributed by atoms with Gasteiger partial charge in [-0.1, -0.05) is 18.7 Å². The number of anilines is 1. The number of hydrogen-bond donors (Lipinski definition) is 1. The molecule has 0 aliphatic heterocycles. The number of fused-ring (bicyclic) bond motifs is 2. The average molecular weight is 512 g/mol. The summed E-state index contributed by atoms with van der Waals surface area (Å²) in [6, 6.07) is 2.51. The average Bonchev–Trinajstić information content (AvgIpc) is 3.51. The quantitative estimate of drug-likeness (QED) is 0.395. The van der Waals surface area contributed by atoms with Crippen molar-refractivity contribution in [3.63, 3.8) is 0 Å². The number of thiophene rings is 2. The summed E-state index contributed by atoms with van der Waals surface area (Å²) >= 11 is 4.81. The van der Waals surface area contributed by atoms with E-state index in [0.717, 1.165) is 48.6 Å². The van der Waals surface area contributed by atoms with Gasteiger partial charge < -0.3 is 5.32 Å². The summed E-state index contributed by atoms with van der Waals surface area (Å²) in [4.78, 5) is 15.6. The van der Waals surface area contributed by atoms with Gasteiger partial charge in [-0.25, -0.2) is 0 Å². The number of nitriles is 1. The third kappa shape index (κ3) is 4.43. The fourth-order valence-corrected chi connectivity index (χ4v) is 8.32. The number of nitrogens with zero attached hydrogens (tertiary/aromatic N) is 4. The lowest BCUT2D eigenvalue weighted by Crippen LogP contribution is -2.15. The lowest BCUT2D eigenvalue weighted by molar-refractivity contribution is -0.113. The van der Waals surface area contributed by atoms with E-state index in [1.54, 1.807) is 11.3 Å². The van der Waals surface area contributed by atoms with E-state index < -0.39 is 0 Å². The van der Waals surface area contributed by atoms with Gasteiger partial charge in [0.05, 0.1) is 11.3 Å². The Kier molecular flexibility index (Phi) is 6.83. The first-order valence-electron chi connectivity index (χ1n) is 12.0. The number of hydrogen-bond acceptors (Lipinski definition) is 7. The maximum Gasteiger partial charge on any atom is 0.235 e. The fraction of sp³-hybridized carbons (Fsp3) is 0.520. The van der Waals surface area contributed by atoms with Crippen LogP contribution in [0.15, 0.2) is 10.5 Å². The van der Waals surface area contributed by atoms with Gasteiger partial charge >= 0.3 is 0 Å². The molecule has 0 bridgehead atoms. The molecule has 0 saturated heterocycles. The molecule has 0 fully saturated rings. The third-order valence-electron chi connectivity index (χ3n) is 6.69. The Balaban J connectivity index is 1.32. The minimum Gasteiger partial charge on any atom is -0.316 e. The molecule has 2 aliphatic rings. The number of aromatic nitrogens is 3. The number of aryl methyl sites for hydroxylation is 1. The summed E-state index contributed by atoms with van der Waals surface area (Å²) in [6.45, 7) is 6.51. The summed E-state index contributed by atoms with van der Waals surface area (Å²) in [5.74, 6) is 1.66. The van der Waals surface area contributed by atoms with Crippen LogP contribution in [-0.2, 0) is 30.5 Å². The Morgan fingerprint density at radius 2 is 2.09 bits per heavy atom. The third-order valence-corrected chi connectivity index (χ3v) is 9.89. The first-order chi connectivity index (χ1) is 16.5. The van der Waals surface area contributed by atoms with Gasteiger partial charge in [0.15, 0.2) is 11.0 Å². The number of amides is 1. The zero-order chi connectivity index (χ0) is 23.8. The fourth-order valence-electron chi connectivity index (χ4n) is 4.96. The maximum absolute atomic E-state index is 12.8. The summed E-state index contributed by atoms with van der Waals surface area (Å²) in [7, 11) is 0. The summed E-state index contributed by atoms with van der Waals surface area (Å²) < 4.78 is 2.15. The van der Waals surface area contributed by atoms with Crippen LogP contribution in [0.25, 0.3) is 11.4 Å². The van der Waals surface area contributed by atoms with Crippen LogP contribution >= 0.6 is 34.4 Å². The molecule has 3 heterocycles. The Morgan fingerprint density at radius 3 is 2.88 bits per heavy atom. The van der Waals surface area contributed by atoms with Gasteiger partial charge in [-0.15, -0.1) is 32.9 Å². The SMILES string of the molecule is CC1CCc2c(sc(NC(=O)CSc3nnc(-c4csc5c4CCCC5)n3C(C)C)c2C#N)C1. The van der Waals surface area contributed by atoms with Crippen molar-refractivity contribution in [1.29, 1.82) is 5.26 Å². The van der Waals surface area contributed by atoms with Crippen LogP contribution in [0.3, 0.4) is 0 Å². The van der Waals surface area contributed by atoms with E-state index >= 15 is 0 Å². The normalized spacial score (nSPS) is 17.3. The highest BCUT2D eigenvalue weighted by atomic mass is 32.2. The molecule has 0 radical (unpaired) electrons. The number of carbonyl (C=O) groups is 1. The van der Waals surface area contributed by atoms with Crippen molar-refractivity contribution in [1.82, 2.24) is 14.8 Å². The molecule has 178 valence electrons. The highest BCUT2D eigenvalue weighted by Gasteiger charge is 2.26. The van der Waals surface area contributed by atoms with Crippen LogP contribution in [-0.4, -0.2) is 26.4 Å². The smallest absolute Gasteiger partial charge is 0.235 e. The topological polar surface area (TPSA) is 83.6 Å². The Hall–Kier alpha value is -2.15. The minimum absolute atomic E-state index is 0.110. The van der Waals surface area contributed by atoms with E-state index in [1.807, 2.05) is 11.3 Å². The van der Waals surface area contributed by atoms with Crippen LogP contribution in [0.2, 0.25) is 0 Å².